The van der Waals surface area contributed by atoms with Crippen LogP contribution >= 0.6 is 12.2 Å². The summed E-state index contributed by atoms with van der Waals surface area (Å²) in [5, 5.41) is 5.95. The summed E-state index contributed by atoms with van der Waals surface area (Å²) in [6.45, 7) is 8.14. The summed E-state index contributed by atoms with van der Waals surface area (Å²) in [4.78, 5) is 12.3. The Morgan fingerprint density at radius 1 is 1.00 bits per heavy atom. The van der Waals surface area contributed by atoms with E-state index in [9.17, 15) is 4.79 Å². The van der Waals surface area contributed by atoms with Gasteiger partial charge in [-0.3, -0.25) is 10.1 Å². The highest BCUT2D eigenvalue weighted by molar-refractivity contribution is 7.80. The number of thiocarbonyl (C=S) groups is 1. The van der Waals surface area contributed by atoms with Crippen molar-refractivity contribution in [1.82, 2.24) is 5.32 Å². The number of para-hydroxylation sites is 2. The Bertz CT molecular complexity index is 740. The molecule has 0 unspecified atom stereocenters. The summed E-state index contributed by atoms with van der Waals surface area (Å²) >= 11 is 5.25. The minimum Gasteiger partial charge on any atom is -0.489 e. The topological polar surface area (TPSA) is 50.4 Å². The number of hydrogen-bond acceptors (Lipinski definition) is 3. The highest BCUT2D eigenvalue weighted by Crippen LogP contribution is 2.24. The van der Waals surface area contributed by atoms with Crippen LogP contribution in [0, 0.1) is 0 Å². The maximum atomic E-state index is 12.3. The Hall–Kier alpha value is -2.40. The van der Waals surface area contributed by atoms with Gasteiger partial charge in [-0.2, -0.15) is 0 Å². The number of rotatable bonds is 5. The zero-order valence-corrected chi connectivity index (χ0v) is 15.8. The van der Waals surface area contributed by atoms with Crippen molar-refractivity contribution in [2.45, 2.75) is 39.7 Å². The quantitative estimate of drug-likeness (QED) is 0.761. The van der Waals surface area contributed by atoms with Gasteiger partial charge in [-0.1, -0.05) is 38.1 Å². The molecule has 5 heteroatoms. The fourth-order valence-electron chi connectivity index (χ4n) is 2.27. The average Bonchev–Trinajstić information content (AvgIpc) is 2.56. The van der Waals surface area contributed by atoms with E-state index in [2.05, 4.69) is 24.5 Å². The number of benzene rings is 2. The summed E-state index contributed by atoms with van der Waals surface area (Å²) in [7, 11) is 0. The van der Waals surface area contributed by atoms with Crippen molar-refractivity contribution >= 4 is 28.9 Å². The molecule has 2 N–H and O–H groups in total. The molecule has 0 aliphatic carbocycles. The number of ether oxygens (including phenoxy) is 1. The van der Waals surface area contributed by atoms with Crippen molar-refractivity contribution in [3.8, 4) is 5.75 Å². The molecule has 0 aliphatic rings. The summed E-state index contributed by atoms with van der Waals surface area (Å²) in [6.07, 6.45) is 0.0468. The first-order chi connectivity index (χ1) is 11.9. The zero-order chi connectivity index (χ0) is 18.4. The van der Waals surface area contributed by atoms with Gasteiger partial charge in [0.2, 0.25) is 0 Å². The SMILES string of the molecule is CC(C)Oc1ccccc1NC(=S)NC(=O)c1ccc(C(C)C)cc1. The third kappa shape index (κ3) is 5.57. The maximum Gasteiger partial charge on any atom is 0.257 e. The Kier molecular flexibility index (Phi) is 6.53. The summed E-state index contributed by atoms with van der Waals surface area (Å²) in [6, 6.07) is 15.0. The van der Waals surface area contributed by atoms with Gasteiger partial charge < -0.3 is 10.1 Å². The summed E-state index contributed by atoms with van der Waals surface area (Å²) in [5.74, 6) is 0.878. The van der Waals surface area contributed by atoms with Gasteiger partial charge in [0.1, 0.15) is 5.75 Å². The molecule has 0 saturated carbocycles. The van der Waals surface area contributed by atoms with Crippen molar-refractivity contribution in [3.05, 3.63) is 59.7 Å². The number of carbonyl (C=O) groups excluding carboxylic acids is 1. The van der Waals surface area contributed by atoms with Crippen LogP contribution in [0.15, 0.2) is 48.5 Å². The van der Waals surface area contributed by atoms with Crippen molar-refractivity contribution in [2.75, 3.05) is 5.32 Å². The van der Waals surface area contributed by atoms with Crippen LogP contribution in [-0.2, 0) is 0 Å². The van der Waals surface area contributed by atoms with Crippen molar-refractivity contribution in [2.24, 2.45) is 0 Å². The lowest BCUT2D eigenvalue weighted by molar-refractivity contribution is 0.0977. The molecular weight excluding hydrogens is 332 g/mol. The Balaban J connectivity index is 2.01. The summed E-state index contributed by atoms with van der Waals surface area (Å²) in [5.41, 5.74) is 2.48. The van der Waals surface area contributed by atoms with E-state index in [0.29, 0.717) is 17.2 Å². The van der Waals surface area contributed by atoms with E-state index < -0.39 is 0 Å². The Morgan fingerprint density at radius 2 is 1.64 bits per heavy atom. The number of amides is 1. The largest absolute Gasteiger partial charge is 0.489 e. The van der Waals surface area contributed by atoms with Gasteiger partial charge in [-0.05, 0) is 61.8 Å². The van der Waals surface area contributed by atoms with Crippen molar-refractivity contribution in [3.63, 3.8) is 0 Å². The fourth-order valence-corrected chi connectivity index (χ4v) is 2.48. The van der Waals surface area contributed by atoms with Crippen LogP contribution in [0.4, 0.5) is 5.69 Å². The van der Waals surface area contributed by atoms with E-state index in [-0.39, 0.29) is 17.1 Å². The van der Waals surface area contributed by atoms with Gasteiger partial charge in [-0.15, -0.1) is 0 Å². The number of nitrogens with one attached hydrogen (secondary N) is 2. The Morgan fingerprint density at radius 3 is 2.24 bits per heavy atom. The van der Waals surface area contributed by atoms with Gasteiger partial charge in [-0.25, -0.2) is 0 Å². The third-order valence-corrected chi connectivity index (χ3v) is 3.77. The van der Waals surface area contributed by atoms with Crippen LogP contribution in [-0.4, -0.2) is 17.1 Å². The first kappa shape index (κ1) is 18.9. The van der Waals surface area contributed by atoms with Gasteiger partial charge >= 0.3 is 0 Å². The van der Waals surface area contributed by atoms with E-state index in [1.807, 2.05) is 62.4 Å². The lowest BCUT2D eigenvalue weighted by atomic mass is 10.0. The van der Waals surface area contributed by atoms with Gasteiger partial charge in [0.25, 0.3) is 5.91 Å². The molecular formula is C20H24N2O2S. The van der Waals surface area contributed by atoms with E-state index >= 15 is 0 Å². The lowest BCUT2D eigenvalue weighted by Gasteiger charge is -2.16. The van der Waals surface area contributed by atoms with Gasteiger partial charge in [0.05, 0.1) is 11.8 Å². The molecule has 1 amide bonds. The smallest absolute Gasteiger partial charge is 0.257 e. The molecule has 0 bridgehead atoms. The minimum atomic E-state index is -0.241. The molecule has 0 radical (unpaired) electrons. The maximum absolute atomic E-state index is 12.3. The van der Waals surface area contributed by atoms with Crippen LogP contribution in [0.2, 0.25) is 0 Å². The first-order valence-electron chi connectivity index (χ1n) is 8.34. The van der Waals surface area contributed by atoms with Crippen LogP contribution in [0.25, 0.3) is 0 Å². The average molecular weight is 356 g/mol. The fraction of sp³-hybridized carbons (Fsp3) is 0.300. The van der Waals surface area contributed by atoms with E-state index in [1.165, 1.54) is 5.56 Å². The standard InChI is InChI=1S/C20H24N2O2S/c1-13(2)15-9-11-16(12-10-15)19(23)22-20(25)21-17-7-5-6-8-18(17)24-14(3)4/h5-14H,1-4H3,(H2,21,22,23,25). The highest BCUT2D eigenvalue weighted by atomic mass is 32.1. The van der Waals surface area contributed by atoms with Crippen molar-refractivity contribution in [1.29, 1.82) is 0 Å². The third-order valence-electron chi connectivity index (χ3n) is 3.56. The molecule has 0 saturated heterocycles. The molecule has 2 rings (SSSR count). The van der Waals surface area contributed by atoms with E-state index in [1.54, 1.807) is 0 Å². The molecule has 0 aliphatic heterocycles. The summed E-state index contributed by atoms with van der Waals surface area (Å²) < 4.78 is 5.74. The molecule has 0 fully saturated rings. The van der Waals surface area contributed by atoms with E-state index in [0.717, 1.165) is 5.69 Å². The van der Waals surface area contributed by atoms with Crippen LogP contribution in [0.1, 0.15) is 49.5 Å². The minimum absolute atomic E-state index is 0.0468. The molecule has 25 heavy (non-hydrogen) atoms. The van der Waals surface area contributed by atoms with Crippen LogP contribution < -0.4 is 15.4 Å². The lowest BCUT2D eigenvalue weighted by Crippen LogP contribution is -2.34. The number of anilines is 1. The van der Waals surface area contributed by atoms with Gasteiger partial charge in [0.15, 0.2) is 5.11 Å². The molecule has 4 nitrogen and oxygen atoms in total. The second-order valence-electron chi connectivity index (χ2n) is 6.35. The zero-order valence-electron chi connectivity index (χ0n) is 15.0. The Labute approximate surface area is 154 Å². The highest BCUT2D eigenvalue weighted by Gasteiger charge is 2.11. The van der Waals surface area contributed by atoms with Gasteiger partial charge in [0, 0.05) is 5.56 Å². The molecule has 2 aromatic rings. The normalized spacial score (nSPS) is 10.6. The predicted molar refractivity (Wildman–Crippen MR) is 106 cm³/mol. The second kappa shape index (κ2) is 8.62. The molecule has 0 heterocycles. The number of hydrogen-bond donors (Lipinski definition) is 2. The van der Waals surface area contributed by atoms with E-state index in [4.69, 9.17) is 17.0 Å². The van der Waals surface area contributed by atoms with Crippen LogP contribution in [0.3, 0.4) is 0 Å². The first-order valence-corrected chi connectivity index (χ1v) is 8.75. The van der Waals surface area contributed by atoms with Crippen molar-refractivity contribution < 1.29 is 9.53 Å². The second-order valence-corrected chi connectivity index (χ2v) is 6.76. The number of carbonyl (C=O) groups is 1. The monoisotopic (exact) mass is 356 g/mol. The molecule has 0 spiro atoms. The predicted octanol–water partition coefficient (Wildman–Crippen LogP) is 4.72. The molecule has 2 aromatic carbocycles. The van der Waals surface area contributed by atoms with Crippen LogP contribution in [0.5, 0.6) is 5.75 Å². The molecule has 0 atom stereocenters. The molecule has 0 aromatic heterocycles. The molecule has 132 valence electrons.